The van der Waals surface area contributed by atoms with Crippen molar-refractivity contribution in [3.8, 4) is 11.3 Å². The second kappa shape index (κ2) is 5.85. The first-order chi connectivity index (χ1) is 11.5. The van der Waals surface area contributed by atoms with E-state index in [4.69, 9.17) is 11.6 Å². The number of rotatable bonds is 4. The minimum absolute atomic E-state index is 0.0467. The van der Waals surface area contributed by atoms with Crippen LogP contribution in [0.5, 0.6) is 0 Å². The first-order valence-electron chi connectivity index (χ1n) is 6.69. The number of nitrogens with one attached hydrogen (secondary N) is 1. The molecule has 6 nitrogen and oxygen atoms in total. The summed E-state index contributed by atoms with van der Waals surface area (Å²) in [5.74, 6) is 0.0467. The second-order valence-corrected chi connectivity index (χ2v) is 8.93. The zero-order chi connectivity index (χ0) is 16.7. The third-order valence-electron chi connectivity index (χ3n) is 3.21. The molecule has 0 aliphatic carbocycles. The average Bonchev–Trinajstić information content (AvgIpc) is 3.24. The number of sulfonamides is 1. The van der Waals surface area contributed by atoms with Crippen LogP contribution in [-0.4, -0.2) is 23.0 Å². The molecule has 122 valence electrons. The molecule has 3 aromatic heterocycles. The van der Waals surface area contributed by atoms with E-state index in [-0.39, 0.29) is 10.2 Å². The molecule has 0 fully saturated rings. The highest BCUT2D eigenvalue weighted by atomic mass is 35.5. The van der Waals surface area contributed by atoms with Gasteiger partial charge in [-0.15, -0.1) is 27.8 Å². The Morgan fingerprint density at radius 2 is 1.92 bits per heavy atom. The highest BCUT2D eigenvalue weighted by Crippen LogP contribution is 2.27. The Morgan fingerprint density at radius 3 is 2.62 bits per heavy atom. The van der Waals surface area contributed by atoms with E-state index in [1.54, 1.807) is 28.1 Å². The van der Waals surface area contributed by atoms with E-state index < -0.39 is 10.0 Å². The zero-order valence-electron chi connectivity index (χ0n) is 11.9. The molecule has 4 rings (SSSR count). The fourth-order valence-electron chi connectivity index (χ4n) is 2.13. The van der Waals surface area contributed by atoms with Gasteiger partial charge in [0.05, 0.1) is 5.69 Å². The number of fused-ring (bicyclic) bond motifs is 1. The standard InChI is InChI=1S/C14H9ClN4O2S3/c15-10-5-3-9(4-6-10)11-8-23-14-16-13(17-19(11)14)18-24(20,21)12-2-1-7-22-12/h1-8H,(H,17,18). The molecule has 1 aromatic carbocycles. The predicted octanol–water partition coefficient (Wildman–Crippen LogP) is 3.97. The third kappa shape index (κ3) is 2.80. The molecule has 10 heteroatoms. The molecule has 0 aliphatic heterocycles. The summed E-state index contributed by atoms with van der Waals surface area (Å²) in [6.45, 7) is 0. The van der Waals surface area contributed by atoms with Crippen LogP contribution in [0.25, 0.3) is 16.2 Å². The second-order valence-electron chi connectivity index (χ2n) is 4.80. The van der Waals surface area contributed by atoms with Crippen LogP contribution in [0.1, 0.15) is 0 Å². The molecule has 0 atom stereocenters. The van der Waals surface area contributed by atoms with E-state index in [1.807, 2.05) is 17.5 Å². The number of aromatic nitrogens is 3. The predicted molar refractivity (Wildman–Crippen MR) is 96.4 cm³/mol. The van der Waals surface area contributed by atoms with E-state index in [9.17, 15) is 8.42 Å². The number of halogens is 1. The first kappa shape index (κ1) is 15.6. The normalized spacial score (nSPS) is 11.9. The molecule has 0 saturated carbocycles. The molecule has 0 unspecified atom stereocenters. The molecule has 0 aliphatic rings. The zero-order valence-corrected chi connectivity index (χ0v) is 15.1. The minimum Gasteiger partial charge on any atom is -0.245 e. The van der Waals surface area contributed by atoms with Gasteiger partial charge in [0.2, 0.25) is 4.96 Å². The number of thiazole rings is 1. The largest absolute Gasteiger partial charge is 0.273 e. The van der Waals surface area contributed by atoms with E-state index in [0.29, 0.717) is 9.98 Å². The van der Waals surface area contributed by atoms with E-state index in [1.165, 1.54) is 17.4 Å². The summed E-state index contributed by atoms with van der Waals surface area (Å²) in [6.07, 6.45) is 0. The van der Waals surface area contributed by atoms with E-state index in [0.717, 1.165) is 22.6 Å². The molecule has 0 bridgehead atoms. The number of thiophene rings is 1. The van der Waals surface area contributed by atoms with Crippen molar-refractivity contribution < 1.29 is 8.42 Å². The maximum Gasteiger partial charge on any atom is 0.273 e. The maximum absolute atomic E-state index is 12.3. The summed E-state index contributed by atoms with van der Waals surface area (Å²) in [7, 11) is -3.66. The number of hydrogen-bond acceptors (Lipinski definition) is 6. The molecular formula is C14H9ClN4O2S3. The quantitative estimate of drug-likeness (QED) is 0.566. The van der Waals surface area contributed by atoms with Crippen LogP contribution in [0.2, 0.25) is 5.02 Å². The lowest BCUT2D eigenvalue weighted by Gasteiger charge is -2.01. The van der Waals surface area contributed by atoms with Crippen LogP contribution in [-0.2, 0) is 10.0 Å². The summed E-state index contributed by atoms with van der Waals surface area (Å²) < 4.78 is 28.7. The molecule has 0 saturated heterocycles. The van der Waals surface area contributed by atoms with Gasteiger partial charge >= 0.3 is 0 Å². The third-order valence-corrected chi connectivity index (χ3v) is 7.00. The van der Waals surface area contributed by atoms with Gasteiger partial charge in [-0.25, -0.2) is 17.7 Å². The van der Waals surface area contributed by atoms with Crippen molar-refractivity contribution in [1.29, 1.82) is 0 Å². The van der Waals surface area contributed by atoms with Crippen molar-refractivity contribution in [3.63, 3.8) is 0 Å². The Balaban J connectivity index is 1.71. The highest BCUT2D eigenvalue weighted by Gasteiger charge is 2.19. The van der Waals surface area contributed by atoms with E-state index >= 15 is 0 Å². The van der Waals surface area contributed by atoms with Gasteiger partial charge in [-0.05, 0) is 23.6 Å². The van der Waals surface area contributed by atoms with Gasteiger partial charge in [0.15, 0.2) is 0 Å². The van der Waals surface area contributed by atoms with Crippen molar-refractivity contribution >= 4 is 55.2 Å². The lowest BCUT2D eigenvalue weighted by atomic mass is 10.2. The molecule has 0 radical (unpaired) electrons. The first-order valence-corrected chi connectivity index (χ1v) is 10.3. The van der Waals surface area contributed by atoms with Crippen molar-refractivity contribution in [2.75, 3.05) is 4.72 Å². The van der Waals surface area contributed by atoms with Crippen LogP contribution in [0.15, 0.2) is 51.4 Å². The summed E-state index contributed by atoms with van der Waals surface area (Å²) in [6, 6.07) is 10.5. The van der Waals surface area contributed by atoms with Crippen molar-refractivity contribution in [3.05, 3.63) is 52.2 Å². The van der Waals surface area contributed by atoms with Crippen molar-refractivity contribution in [2.24, 2.45) is 0 Å². The van der Waals surface area contributed by atoms with Crippen LogP contribution >= 0.6 is 34.3 Å². The average molecular weight is 397 g/mol. The Morgan fingerprint density at radius 1 is 1.12 bits per heavy atom. The molecule has 0 amide bonds. The van der Waals surface area contributed by atoms with Gasteiger partial charge in [0.25, 0.3) is 16.0 Å². The Labute approximate surface area is 150 Å². The Bertz CT molecular complexity index is 1100. The van der Waals surface area contributed by atoms with Crippen LogP contribution in [0, 0.1) is 0 Å². The molecular weight excluding hydrogens is 388 g/mol. The fourth-order valence-corrected chi connectivity index (χ4v) is 5.02. The van der Waals surface area contributed by atoms with Crippen LogP contribution in [0.4, 0.5) is 5.95 Å². The van der Waals surface area contributed by atoms with Gasteiger partial charge in [-0.1, -0.05) is 29.8 Å². The maximum atomic E-state index is 12.3. The smallest absolute Gasteiger partial charge is 0.245 e. The molecule has 4 aromatic rings. The minimum atomic E-state index is -3.66. The summed E-state index contributed by atoms with van der Waals surface area (Å²) in [4.78, 5) is 4.83. The van der Waals surface area contributed by atoms with Crippen molar-refractivity contribution in [2.45, 2.75) is 4.21 Å². The number of anilines is 1. The van der Waals surface area contributed by atoms with Gasteiger partial charge in [-0.3, -0.25) is 0 Å². The number of hydrogen-bond donors (Lipinski definition) is 1. The molecule has 0 spiro atoms. The molecule has 3 heterocycles. The Hall–Kier alpha value is -1.94. The Kier molecular flexibility index (Phi) is 3.80. The van der Waals surface area contributed by atoms with Crippen LogP contribution < -0.4 is 4.72 Å². The monoisotopic (exact) mass is 396 g/mol. The number of nitrogens with zero attached hydrogens (tertiary/aromatic N) is 3. The summed E-state index contributed by atoms with van der Waals surface area (Å²) >= 11 is 8.43. The van der Waals surface area contributed by atoms with Crippen molar-refractivity contribution in [1.82, 2.24) is 14.6 Å². The topological polar surface area (TPSA) is 76.4 Å². The molecule has 24 heavy (non-hydrogen) atoms. The van der Waals surface area contributed by atoms with E-state index in [2.05, 4.69) is 14.8 Å². The van der Waals surface area contributed by atoms with Gasteiger partial charge in [0.1, 0.15) is 4.21 Å². The van der Waals surface area contributed by atoms with Crippen LogP contribution in [0.3, 0.4) is 0 Å². The van der Waals surface area contributed by atoms with Gasteiger partial charge in [0, 0.05) is 16.0 Å². The fraction of sp³-hybridized carbons (Fsp3) is 0. The number of benzene rings is 1. The summed E-state index contributed by atoms with van der Waals surface area (Å²) in [5.41, 5.74) is 1.74. The summed E-state index contributed by atoms with van der Waals surface area (Å²) in [5, 5.41) is 8.52. The SMILES string of the molecule is O=S(=O)(Nc1nc2scc(-c3ccc(Cl)cc3)n2n1)c1cccs1. The molecule has 1 N–H and O–H groups in total. The lowest BCUT2D eigenvalue weighted by molar-refractivity contribution is 0.602. The van der Waals surface area contributed by atoms with Gasteiger partial charge in [-0.2, -0.15) is 4.98 Å². The highest BCUT2D eigenvalue weighted by molar-refractivity contribution is 7.94. The lowest BCUT2D eigenvalue weighted by Crippen LogP contribution is -2.12. The van der Waals surface area contributed by atoms with Gasteiger partial charge < -0.3 is 0 Å².